The molecule has 0 aliphatic carbocycles. The smallest absolute Gasteiger partial charge is 0.271 e. The summed E-state index contributed by atoms with van der Waals surface area (Å²) in [6.45, 7) is 3.77. The molecule has 7 nitrogen and oxygen atoms in total. The number of aryl methyl sites for hydroxylation is 2. The van der Waals surface area contributed by atoms with Gasteiger partial charge in [0.25, 0.3) is 15.9 Å². The molecule has 0 unspecified atom stereocenters. The van der Waals surface area contributed by atoms with Gasteiger partial charge in [-0.05, 0) is 55.8 Å². The molecular formula is C20H20N4O3S. The lowest BCUT2D eigenvalue weighted by Gasteiger charge is -2.12. The Morgan fingerprint density at radius 1 is 1.07 bits per heavy atom. The second kappa shape index (κ2) is 8.10. The minimum absolute atomic E-state index is 0.00604. The molecule has 1 amide bonds. The number of nitrogens with zero attached hydrogens (tertiary/aromatic N) is 1. The number of hydrazone groups is 1. The molecule has 1 aromatic heterocycles. The third-order valence-electron chi connectivity index (χ3n) is 4.02. The maximum Gasteiger partial charge on any atom is 0.271 e. The number of aromatic nitrogens is 1. The number of benzene rings is 2. The van der Waals surface area contributed by atoms with Gasteiger partial charge in [-0.2, -0.15) is 5.10 Å². The molecule has 0 aliphatic heterocycles. The number of anilines is 1. The van der Waals surface area contributed by atoms with E-state index >= 15 is 0 Å². The Bertz CT molecular complexity index is 1120. The van der Waals surface area contributed by atoms with Crippen molar-refractivity contribution >= 4 is 27.8 Å². The maximum absolute atomic E-state index is 12.7. The molecule has 8 heteroatoms. The van der Waals surface area contributed by atoms with Gasteiger partial charge in [0.2, 0.25) is 0 Å². The SMILES string of the molecule is Cc1ccc(NS(=O)(=O)c2cccc(C(=O)N/N=C/c3ccc[nH]3)c2)c(C)c1. The highest BCUT2D eigenvalue weighted by Crippen LogP contribution is 2.21. The standard InChI is InChI=1S/C20H20N4O3S/c1-14-8-9-19(15(2)11-14)24-28(26,27)18-7-3-5-16(12-18)20(25)23-22-13-17-6-4-10-21-17/h3-13,21,24H,1-2H3,(H,23,25)/b22-13+. The zero-order valence-corrected chi connectivity index (χ0v) is 16.2. The third-order valence-corrected chi connectivity index (χ3v) is 5.39. The van der Waals surface area contributed by atoms with Crippen LogP contribution < -0.4 is 10.1 Å². The van der Waals surface area contributed by atoms with Gasteiger partial charge in [-0.15, -0.1) is 0 Å². The number of rotatable bonds is 6. The summed E-state index contributed by atoms with van der Waals surface area (Å²) in [7, 11) is -3.83. The second-order valence-electron chi connectivity index (χ2n) is 6.28. The van der Waals surface area contributed by atoms with Gasteiger partial charge in [0.05, 0.1) is 22.5 Å². The Hall–Kier alpha value is -3.39. The van der Waals surface area contributed by atoms with Crippen LogP contribution in [0.15, 0.2) is 70.8 Å². The van der Waals surface area contributed by atoms with Crippen molar-refractivity contribution in [2.24, 2.45) is 5.10 Å². The molecule has 0 fully saturated rings. The molecule has 0 saturated heterocycles. The van der Waals surface area contributed by atoms with Crippen molar-refractivity contribution in [1.82, 2.24) is 10.4 Å². The van der Waals surface area contributed by atoms with Gasteiger partial charge in [0.1, 0.15) is 0 Å². The molecule has 0 saturated carbocycles. The summed E-state index contributed by atoms with van der Waals surface area (Å²) in [6.07, 6.45) is 3.19. The minimum Gasteiger partial charge on any atom is -0.360 e. The van der Waals surface area contributed by atoms with Crippen LogP contribution in [0.4, 0.5) is 5.69 Å². The fourth-order valence-electron chi connectivity index (χ4n) is 2.59. The van der Waals surface area contributed by atoms with Crippen molar-refractivity contribution in [2.45, 2.75) is 18.7 Å². The molecule has 2 aromatic carbocycles. The van der Waals surface area contributed by atoms with Crippen molar-refractivity contribution in [3.63, 3.8) is 0 Å². The lowest BCUT2D eigenvalue weighted by atomic mass is 10.1. The van der Waals surface area contributed by atoms with E-state index in [9.17, 15) is 13.2 Å². The number of carbonyl (C=O) groups excluding carboxylic acids is 1. The summed E-state index contributed by atoms with van der Waals surface area (Å²) in [5.74, 6) is -0.508. The third kappa shape index (κ3) is 4.66. The number of aromatic amines is 1. The molecule has 3 aromatic rings. The summed E-state index contributed by atoms with van der Waals surface area (Å²) in [6, 6.07) is 14.8. The van der Waals surface area contributed by atoms with Crippen LogP contribution >= 0.6 is 0 Å². The normalized spacial score (nSPS) is 11.5. The second-order valence-corrected chi connectivity index (χ2v) is 7.96. The van der Waals surface area contributed by atoms with E-state index in [1.165, 1.54) is 30.5 Å². The average molecular weight is 396 g/mol. The van der Waals surface area contributed by atoms with E-state index in [1.54, 1.807) is 24.4 Å². The van der Waals surface area contributed by atoms with Crippen molar-refractivity contribution in [2.75, 3.05) is 4.72 Å². The highest BCUT2D eigenvalue weighted by Gasteiger charge is 2.17. The first-order valence-electron chi connectivity index (χ1n) is 8.52. The van der Waals surface area contributed by atoms with Gasteiger partial charge in [0.15, 0.2) is 0 Å². The van der Waals surface area contributed by atoms with E-state index in [0.717, 1.165) is 16.8 Å². The molecule has 0 atom stereocenters. The van der Waals surface area contributed by atoms with E-state index in [2.05, 4.69) is 20.2 Å². The Balaban J connectivity index is 1.76. The highest BCUT2D eigenvalue weighted by molar-refractivity contribution is 7.92. The van der Waals surface area contributed by atoms with Crippen LogP contribution in [0, 0.1) is 13.8 Å². The Morgan fingerprint density at radius 3 is 2.61 bits per heavy atom. The topological polar surface area (TPSA) is 103 Å². The fourth-order valence-corrected chi connectivity index (χ4v) is 3.76. The molecule has 0 radical (unpaired) electrons. The Labute approximate surface area is 163 Å². The van der Waals surface area contributed by atoms with Gasteiger partial charge in [-0.1, -0.05) is 23.8 Å². The molecule has 3 N–H and O–H groups in total. The van der Waals surface area contributed by atoms with Gasteiger partial charge >= 0.3 is 0 Å². The lowest BCUT2D eigenvalue weighted by molar-refractivity contribution is 0.0955. The van der Waals surface area contributed by atoms with Crippen molar-refractivity contribution in [3.05, 3.63) is 83.2 Å². The van der Waals surface area contributed by atoms with Crippen LogP contribution in [0.25, 0.3) is 0 Å². The lowest BCUT2D eigenvalue weighted by Crippen LogP contribution is -2.19. The summed E-state index contributed by atoms with van der Waals surface area (Å²) in [4.78, 5) is 15.2. The van der Waals surface area contributed by atoms with Crippen LogP contribution in [0.3, 0.4) is 0 Å². The van der Waals surface area contributed by atoms with Crippen LogP contribution in [0.1, 0.15) is 27.2 Å². The quantitative estimate of drug-likeness (QED) is 0.440. The largest absolute Gasteiger partial charge is 0.360 e. The van der Waals surface area contributed by atoms with E-state index in [-0.39, 0.29) is 10.5 Å². The highest BCUT2D eigenvalue weighted by atomic mass is 32.2. The van der Waals surface area contributed by atoms with Crippen molar-refractivity contribution in [3.8, 4) is 0 Å². The number of hydrogen-bond donors (Lipinski definition) is 3. The van der Waals surface area contributed by atoms with Crippen LogP contribution in [0.5, 0.6) is 0 Å². The fraction of sp³-hybridized carbons (Fsp3) is 0.100. The Morgan fingerprint density at radius 2 is 1.89 bits per heavy atom. The molecule has 144 valence electrons. The predicted octanol–water partition coefficient (Wildman–Crippen LogP) is 3.20. The first-order chi connectivity index (χ1) is 13.3. The van der Waals surface area contributed by atoms with Crippen LogP contribution in [-0.4, -0.2) is 25.5 Å². The molecule has 1 heterocycles. The summed E-state index contributed by atoms with van der Waals surface area (Å²) in [5, 5.41) is 3.85. The number of hydrogen-bond acceptors (Lipinski definition) is 4. The molecule has 0 aliphatic rings. The summed E-state index contributed by atoms with van der Waals surface area (Å²) < 4.78 is 28.0. The number of sulfonamides is 1. The molecule has 3 rings (SSSR count). The Kier molecular flexibility index (Phi) is 5.60. The first-order valence-corrected chi connectivity index (χ1v) is 10.0. The van der Waals surface area contributed by atoms with Gasteiger partial charge < -0.3 is 4.98 Å². The first kappa shape index (κ1) is 19.4. The van der Waals surface area contributed by atoms with Crippen molar-refractivity contribution < 1.29 is 13.2 Å². The number of carbonyl (C=O) groups is 1. The molecular weight excluding hydrogens is 376 g/mol. The molecule has 28 heavy (non-hydrogen) atoms. The number of nitrogens with one attached hydrogen (secondary N) is 3. The van der Waals surface area contributed by atoms with E-state index < -0.39 is 15.9 Å². The van der Waals surface area contributed by atoms with E-state index in [4.69, 9.17) is 0 Å². The van der Waals surface area contributed by atoms with E-state index in [0.29, 0.717) is 5.69 Å². The monoisotopic (exact) mass is 396 g/mol. The minimum atomic E-state index is -3.83. The average Bonchev–Trinajstić information content (AvgIpc) is 3.17. The molecule has 0 bridgehead atoms. The van der Waals surface area contributed by atoms with Gasteiger partial charge in [0, 0.05) is 11.8 Å². The number of amides is 1. The number of H-pyrrole nitrogens is 1. The van der Waals surface area contributed by atoms with Crippen molar-refractivity contribution in [1.29, 1.82) is 0 Å². The van der Waals surface area contributed by atoms with Gasteiger partial charge in [-0.25, -0.2) is 13.8 Å². The predicted molar refractivity (Wildman–Crippen MR) is 109 cm³/mol. The zero-order chi connectivity index (χ0) is 20.1. The van der Waals surface area contributed by atoms with E-state index in [1.807, 2.05) is 26.0 Å². The molecule has 0 spiro atoms. The maximum atomic E-state index is 12.7. The van der Waals surface area contributed by atoms with Crippen LogP contribution in [0.2, 0.25) is 0 Å². The zero-order valence-electron chi connectivity index (χ0n) is 15.4. The van der Waals surface area contributed by atoms with Gasteiger partial charge in [-0.3, -0.25) is 9.52 Å². The van der Waals surface area contributed by atoms with Crippen LogP contribution in [-0.2, 0) is 10.0 Å². The summed E-state index contributed by atoms with van der Waals surface area (Å²) in [5.41, 5.74) is 5.65. The summed E-state index contributed by atoms with van der Waals surface area (Å²) >= 11 is 0.